The lowest BCUT2D eigenvalue weighted by atomic mass is 10.0. The highest BCUT2D eigenvalue weighted by molar-refractivity contribution is 7.47. The molecule has 0 radical (unpaired) electrons. The van der Waals surface area contributed by atoms with Crippen molar-refractivity contribution in [1.29, 1.82) is 0 Å². The van der Waals surface area contributed by atoms with E-state index < -0.39 is 97.5 Å². The zero-order valence-electron chi connectivity index (χ0n) is 59.7. The van der Waals surface area contributed by atoms with Crippen LogP contribution in [-0.4, -0.2) is 96.7 Å². The number of aliphatic hydroxyl groups is 1. The van der Waals surface area contributed by atoms with Gasteiger partial charge >= 0.3 is 39.5 Å². The van der Waals surface area contributed by atoms with Crippen molar-refractivity contribution in [2.45, 2.75) is 400 Å². The number of rotatable bonds is 73. The van der Waals surface area contributed by atoms with Crippen LogP contribution in [0, 0.1) is 5.92 Å². The second-order valence-electron chi connectivity index (χ2n) is 26.8. The second-order valence-corrected chi connectivity index (χ2v) is 29.7. The number of hydrogen-bond acceptors (Lipinski definition) is 15. The molecule has 0 aromatic carbocycles. The summed E-state index contributed by atoms with van der Waals surface area (Å²) >= 11 is 0. The van der Waals surface area contributed by atoms with Crippen LogP contribution in [0.4, 0.5) is 0 Å². The largest absolute Gasteiger partial charge is 0.472 e. The lowest BCUT2D eigenvalue weighted by Crippen LogP contribution is -2.30. The van der Waals surface area contributed by atoms with E-state index in [2.05, 4.69) is 34.6 Å². The summed E-state index contributed by atoms with van der Waals surface area (Å²) < 4.78 is 68.4. The maximum atomic E-state index is 13.1. The summed E-state index contributed by atoms with van der Waals surface area (Å²) in [5.41, 5.74) is 0. The van der Waals surface area contributed by atoms with Crippen molar-refractivity contribution in [1.82, 2.24) is 0 Å². The minimum Gasteiger partial charge on any atom is -0.462 e. The zero-order valence-corrected chi connectivity index (χ0v) is 61.5. The number of carbonyl (C=O) groups excluding carboxylic acids is 4. The van der Waals surface area contributed by atoms with E-state index in [9.17, 15) is 43.2 Å². The van der Waals surface area contributed by atoms with Gasteiger partial charge in [-0.25, -0.2) is 9.13 Å². The molecule has 0 saturated heterocycles. The van der Waals surface area contributed by atoms with Crippen molar-refractivity contribution in [2.24, 2.45) is 5.92 Å². The van der Waals surface area contributed by atoms with Crippen molar-refractivity contribution < 1.29 is 80.2 Å². The van der Waals surface area contributed by atoms with E-state index in [4.69, 9.17) is 37.0 Å². The van der Waals surface area contributed by atoms with Crippen molar-refractivity contribution in [2.75, 3.05) is 39.6 Å². The highest BCUT2D eigenvalue weighted by atomic mass is 31.2. The fraction of sp³-hybridized carbons (Fsp3) is 0.945. The molecule has 0 aliphatic heterocycles. The van der Waals surface area contributed by atoms with Crippen LogP contribution in [0.3, 0.4) is 0 Å². The molecular formula is C73H142O17P2. The normalized spacial score (nSPS) is 14.0. The molecule has 0 aliphatic carbocycles. The Hall–Kier alpha value is -1.94. The topological polar surface area (TPSA) is 237 Å². The number of ether oxygens (including phenoxy) is 4. The molecule has 0 aromatic rings. The summed E-state index contributed by atoms with van der Waals surface area (Å²) in [6.07, 6.45) is 54.0. The summed E-state index contributed by atoms with van der Waals surface area (Å²) in [6.45, 7) is 7.23. The molecule has 5 atom stereocenters. The van der Waals surface area contributed by atoms with E-state index in [-0.39, 0.29) is 25.7 Å². The lowest BCUT2D eigenvalue weighted by Gasteiger charge is -2.21. The van der Waals surface area contributed by atoms with E-state index in [0.717, 1.165) is 95.8 Å². The van der Waals surface area contributed by atoms with Crippen LogP contribution in [0.25, 0.3) is 0 Å². The first-order chi connectivity index (χ1) is 44.5. The molecule has 19 heteroatoms. The number of hydrogen-bond donors (Lipinski definition) is 3. The minimum absolute atomic E-state index is 0.105. The summed E-state index contributed by atoms with van der Waals surface area (Å²) in [5, 5.41) is 10.6. The van der Waals surface area contributed by atoms with Gasteiger partial charge in [0.25, 0.3) is 0 Å². The van der Waals surface area contributed by atoms with Crippen molar-refractivity contribution in [3.05, 3.63) is 0 Å². The molecular weight excluding hydrogens is 1210 g/mol. The number of unbranched alkanes of at least 4 members (excludes halogenated alkanes) is 45. The Morgan fingerprint density at radius 2 is 0.500 bits per heavy atom. The summed E-state index contributed by atoms with van der Waals surface area (Å²) in [4.78, 5) is 72.7. The average molecular weight is 1350 g/mol. The zero-order chi connectivity index (χ0) is 67.7. The van der Waals surface area contributed by atoms with Crippen molar-refractivity contribution in [3.8, 4) is 0 Å². The van der Waals surface area contributed by atoms with Gasteiger partial charge in [0.15, 0.2) is 12.2 Å². The molecule has 2 unspecified atom stereocenters. The second kappa shape index (κ2) is 66.3. The van der Waals surface area contributed by atoms with Crippen LogP contribution in [0.15, 0.2) is 0 Å². The van der Waals surface area contributed by atoms with Crippen LogP contribution in [0.2, 0.25) is 0 Å². The number of aliphatic hydroxyl groups excluding tert-OH is 1. The van der Waals surface area contributed by atoms with Gasteiger partial charge in [0.05, 0.1) is 26.4 Å². The smallest absolute Gasteiger partial charge is 0.462 e. The molecule has 17 nitrogen and oxygen atoms in total. The first kappa shape index (κ1) is 90.1. The standard InChI is InChI=1S/C73H142O17P2/c1-6-9-12-15-18-21-24-26-27-28-29-31-34-37-43-48-53-58-72(77)89-68(62-84-71(76)57-52-47-42-36-33-30-25-22-19-16-13-10-7-2)64-87-91(79,80)85-60-67(74)61-86-92(81,82)88-65-69(90-73(78)59-54-49-44-39-38-40-45-50-55-66(4)5)63-83-70(75)56-51-46-41-35-32-23-20-17-14-11-8-3/h66-69,74H,6-65H2,1-5H3,(H,79,80)(H,81,82)/t67-,68-,69-/m1/s1. The predicted octanol–water partition coefficient (Wildman–Crippen LogP) is 21.3. The Balaban J connectivity index is 5.24. The Labute approximate surface area is 562 Å². The van der Waals surface area contributed by atoms with Gasteiger partial charge in [-0.15, -0.1) is 0 Å². The van der Waals surface area contributed by atoms with Gasteiger partial charge in [-0.2, -0.15) is 0 Å². The van der Waals surface area contributed by atoms with Gasteiger partial charge in [0, 0.05) is 25.7 Å². The first-order valence-corrected chi connectivity index (χ1v) is 41.1. The maximum Gasteiger partial charge on any atom is 0.472 e. The van der Waals surface area contributed by atoms with E-state index in [0.29, 0.717) is 25.7 Å². The highest BCUT2D eigenvalue weighted by Crippen LogP contribution is 2.45. The Kier molecular flexibility index (Phi) is 64.9. The van der Waals surface area contributed by atoms with E-state index in [1.807, 2.05) is 0 Å². The fourth-order valence-corrected chi connectivity index (χ4v) is 12.8. The molecule has 546 valence electrons. The minimum atomic E-state index is -4.95. The van der Waals surface area contributed by atoms with Crippen LogP contribution in [0.1, 0.15) is 381 Å². The monoisotopic (exact) mass is 1350 g/mol. The third kappa shape index (κ3) is 66.7. The summed E-state index contributed by atoms with van der Waals surface area (Å²) in [6, 6.07) is 0. The first-order valence-electron chi connectivity index (χ1n) is 38.1. The SMILES string of the molecule is CCCCCCCCCCCCCCCCCCCC(=O)O[C@H](COC(=O)CCCCCCCCCCCCCCC)COP(=O)(O)OC[C@@H](O)COP(=O)(O)OC[C@@H](COC(=O)CCCCCCCCCCCCC)OC(=O)CCCCCCCCCCC(C)C. The lowest BCUT2D eigenvalue weighted by molar-refractivity contribution is -0.161. The average Bonchev–Trinajstić information content (AvgIpc) is 1.61. The predicted molar refractivity (Wildman–Crippen MR) is 372 cm³/mol. The molecule has 0 aliphatic rings. The number of carbonyl (C=O) groups is 4. The third-order valence-electron chi connectivity index (χ3n) is 17.0. The van der Waals surface area contributed by atoms with Gasteiger partial charge < -0.3 is 33.8 Å². The van der Waals surface area contributed by atoms with Crippen LogP contribution in [0.5, 0.6) is 0 Å². The molecule has 0 rings (SSSR count). The molecule has 3 N–H and O–H groups in total. The highest BCUT2D eigenvalue weighted by Gasteiger charge is 2.30. The molecule has 0 fully saturated rings. The third-order valence-corrected chi connectivity index (χ3v) is 18.9. The van der Waals surface area contributed by atoms with Gasteiger partial charge in [-0.3, -0.25) is 37.3 Å². The van der Waals surface area contributed by atoms with Crippen LogP contribution < -0.4 is 0 Å². The van der Waals surface area contributed by atoms with Gasteiger partial charge in [-0.1, -0.05) is 330 Å². The van der Waals surface area contributed by atoms with Crippen molar-refractivity contribution in [3.63, 3.8) is 0 Å². The summed E-state index contributed by atoms with van der Waals surface area (Å²) in [5.74, 6) is -1.40. The van der Waals surface area contributed by atoms with E-state index in [1.54, 1.807) is 0 Å². The molecule has 0 saturated carbocycles. The van der Waals surface area contributed by atoms with Crippen LogP contribution in [-0.2, 0) is 65.4 Å². The van der Waals surface area contributed by atoms with Gasteiger partial charge in [0.1, 0.15) is 19.3 Å². The quantitative estimate of drug-likeness (QED) is 0.0222. The van der Waals surface area contributed by atoms with Gasteiger partial charge in [0.2, 0.25) is 0 Å². The van der Waals surface area contributed by atoms with E-state index in [1.165, 1.54) is 205 Å². The van der Waals surface area contributed by atoms with E-state index >= 15 is 0 Å². The summed E-state index contributed by atoms with van der Waals surface area (Å²) in [7, 11) is -9.90. The molecule has 92 heavy (non-hydrogen) atoms. The Morgan fingerprint density at radius 1 is 0.293 bits per heavy atom. The Bertz CT molecular complexity index is 1770. The van der Waals surface area contributed by atoms with Gasteiger partial charge in [-0.05, 0) is 31.6 Å². The molecule has 0 amide bonds. The molecule has 0 aromatic heterocycles. The number of phosphoric ester groups is 2. The molecule has 0 spiro atoms. The Morgan fingerprint density at radius 3 is 0.739 bits per heavy atom. The molecule has 0 bridgehead atoms. The molecule has 0 heterocycles. The van der Waals surface area contributed by atoms with Crippen molar-refractivity contribution >= 4 is 39.5 Å². The number of esters is 4. The van der Waals surface area contributed by atoms with Crippen LogP contribution >= 0.6 is 15.6 Å². The fourth-order valence-electron chi connectivity index (χ4n) is 11.2. The maximum absolute atomic E-state index is 13.1. The number of phosphoric acid groups is 2.